The predicted octanol–water partition coefficient (Wildman–Crippen LogP) is 2.17. The largest absolute Gasteiger partial charge is 0.478 e. The Morgan fingerprint density at radius 3 is 2.93 bits per heavy atom. The lowest BCUT2D eigenvalue weighted by molar-refractivity contribution is -0.132. The molecular formula is C12H16O3. The molecular weight excluding hydrogens is 192 g/mol. The van der Waals surface area contributed by atoms with Gasteiger partial charge in [-0.2, -0.15) is 0 Å². The van der Waals surface area contributed by atoms with Crippen molar-refractivity contribution in [3.05, 3.63) is 36.0 Å². The first kappa shape index (κ1) is 11.7. The van der Waals surface area contributed by atoms with Gasteiger partial charge in [-0.15, -0.1) is 0 Å². The number of carboxylic acids is 1. The van der Waals surface area contributed by atoms with E-state index in [1.165, 1.54) is 0 Å². The Kier molecular flexibility index (Phi) is 4.31. The van der Waals surface area contributed by atoms with Gasteiger partial charge in [0.1, 0.15) is 0 Å². The van der Waals surface area contributed by atoms with Crippen LogP contribution in [0.4, 0.5) is 0 Å². The normalized spacial score (nSPS) is 19.8. The van der Waals surface area contributed by atoms with Crippen molar-refractivity contribution in [2.45, 2.75) is 13.3 Å². The maximum atomic E-state index is 10.6. The Morgan fingerprint density at radius 2 is 2.47 bits per heavy atom. The number of allylic oxidation sites excluding steroid dienone is 1. The third-order valence-electron chi connectivity index (χ3n) is 2.12. The van der Waals surface area contributed by atoms with Crippen LogP contribution in [0.25, 0.3) is 0 Å². The Morgan fingerprint density at radius 1 is 1.73 bits per heavy atom. The fraction of sp³-hybridized carbons (Fsp3) is 0.417. The van der Waals surface area contributed by atoms with Gasteiger partial charge >= 0.3 is 5.97 Å². The molecule has 0 amide bonds. The molecule has 0 aromatic heterocycles. The van der Waals surface area contributed by atoms with Gasteiger partial charge in [-0.25, -0.2) is 4.79 Å². The Bertz CT molecular complexity index is 313. The van der Waals surface area contributed by atoms with Crippen LogP contribution in [-0.2, 0) is 9.53 Å². The van der Waals surface area contributed by atoms with Gasteiger partial charge in [0, 0.05) is 5.92 Å². The SMILES string of the molecule is C=C(C)COCC1C=CC(C(=O)O)=CC1. The maximum absolute atomic E-state index is 10.6. The summed E-state index contributed by atoms with van der Waals surface area (Å²) in [7, 11) is 0. The second kappa shape index (κ2) is 5.51. The Hall–Kier alpha value is -1.35. The van der Waals surface area contributed by atoms with Crippen molar-refractivity contribution in [2.24, 2.45) is 5.92 Å². The second-order valence-electron chi connectivity index (χ2n) is 3.79. The van der Waals surface area contributed by atoms with Gasteiger partial charge in [-0.1, -0.05) is 30.4 Å². The lowest BCUT2D eigenvalue weighted by atomic mass is 9.97. The molecule has 0 saturated heterocycles. The zero-order valence-electron chi connectivity index (χ0n) is 8.90. The van der Waals surface area contributed by atoms with Crippen molar-refractivity contribution in [3.63, 3.8) is 0 Å². The van der Waals surface area contributed by atoms with Crippen molar-refractivity contribution in [1.82, 2.24) is 0 Å². The standard InChI is InChI=1S/C12H16O3/c1-9(2)7-15-8-10-3-5-11(6-4-10)12(13)14/h3,5-6,10H,1,4,7-8H2,2H3,(H,13,14). The number of rotatable bonds is 5. The van der Waals surface area contributed by atoms with E-state index in [-0.39, 0.29) is 5.92 Å². The second-order valence-corrected chi connectivity index (χ2v) is 3.79. The van der Waals surface area contributed by atoms with E-state index in [9.17, 15) is 4.79 Å². The number of hydrogen-bond donors (Lipinski definition) is 1. The van der Waals surface area contributed by atoms with E-state index in [0.717, 1.165) is 12.0 Å². The number of ether oxygens (including phenoxy) is 1. The minimum absolute atomic E-state index is 0.285. The molecule has 0 aromatic rings. The molecule has 1 aliphatic rings. The number of carboxylic acid groups (broad SMARTS) is 1. The highest BCUT2D eigenvalue weighted by molar-refractivity contribution is 5.90. The molecule has 0 fully saturated rings. The zero-order chi connectivity index (χ0) is 11.3. The van der Waals surface area contributed by atoms with Crippen LogP contribution in [0.5, 0.6) is 0 Å². The van der Waals surface area contributed by atoms with Gasteiger partial charge in [-0.05, 0) is 13.3 Å². The molecule has 15 heavy (non-hydrogen) atoms. The summed E-state index contributed by atoms with van der Waals surface area (Å²) in [5, 5.41) is 8.71. The van der Waals surface area contributed by atoms with Gasteiger partial charge in [-0.3, -0.25) is 0 Å². The zero-order valence-corrected chi connectivity index (χ0v) is 8.90. The summed E-state index contributed by atoms with van der Waals surface area (Å²) in [5.74, 6) is -0.583. The number of carbonyl (C=O) groups is 1. The molecule has 1 unspecified atom stereocenters. The monoisotopic (exact) mass is 208 g/mol. The molecule has 0 bridgehead atoms. The molecule has 82 valence electrons. The molecule has 0 heterocycles. The molecule has 0 saturated carbocycles. The van der Waals surface area contributed by atoms with Crippen molar-refractivity contribution >= 4 is 5.97 Å². The lowest BCUT2D eigenvalue weighted by Gasteiger charge is -2.14. The third-order valence-corrected chi connectivity index (χ3v) is 2.12. The molecule has 1 atom stereocenters. The van der Waals surface area contributed by atoms with Gasteiger partial charge in [0.15, 0.2) is 0 Å². The van der Waals surface area contributed by atoms with Crippen molar-refractivity contribution < 1.29 is 14.6 Å². The molecule has 3 nitrogen and oxygen atoms in total. The van der Waals surface area contributed by atoms with Crippen LogP contribution in [0.1, 0.15) is 13.3 Å². The summed E-state index contributed by atoms with van der Waals surface area (Å²) in [4.78, 5) is 10.6. The molecule has 0 spiro atoms. The van der Waals surface area contributed by atoms with Crippen LogP contribution < -0.4 is 0 Å². The minimum atomic E-state index is -0.868. The van der Waals surface area contributed by atoms with Crippen molar-refractivity contribution in [2.75, 3.05) is 13.2 Å². The Balaban J connectivity index is 2.30. The van der Waals surface area contributed by atoms with E-state index in [0.29, 0.717) is 18.8 Å². The summed E-state index contributed by atoms with van der Waals surface area (Å²) >= 11 is 0. The van der Waals surface area contributed by atoms with Gasteiger partial charge in [0.25, 0.3) is 0 Å². The smallest absolute Gasteiger partial charge is 0.335 e. The molecule has 0 aliphatic heterocycles. The summed E-state index contributed by atoms with van der Waals surface area (Å²) in [6.45, 7) is 6.84. The predicted molar refractivity (Wildman–Crippen MR) is 58.6 cm³/mol. The number of hydrogen-bond acceptors (Lipinski definition) is 2. The number of aliphatic carboxylic acids is 1. The molecule has 0 aromatic carbocycles. The highest BCUT2D eigenvalue weighted by atomic mass is 16.5. The fourth-order valence-electron chi connectivity index (χ4n) is 1.33. The van der Waals surface area contributed by atoms with Crippen LogP contribution in [0.15, 0.2) is 36.0 Å². The van der Waals surface area contributed by atoms with Crippen molar-refractivity contribution in [1.29, 1.82) is 0 Å². The van der Waals surface area contributed by atoms with Crippen LogP contribution in [-0.4, -0.2) is 24.3 Å². The van der Waals surface area contributed by atoms with E-state index in [1.54, 1.807) is 12.2 Å². The first-order valence-electron chi connectivity index (χ1n) is 4.93. The highest BCUT2D eigenvalue weighted by Gasteiger charge is 2.12. The van der Waals surface area contributed by atoms with Crippen LogP contribution >= 0.6 is 0 Å². The highest BCUT2D eigenvalue weighted by Crippen LogP contribution is 2.16. The summed E-state index contributed by atoms with van der Waals surface area (Å²) < 4.78 is 5.40. The fourth-order valence-corrected chi connectivity index (χ4v) is 1.33. The minimum Gasteiger partial charge on any atom is -0.478 e. The topological polar surface area (TPSA) is 46.5 Å². The van der Waals surface area contributed by atoms with Crippen LogP contribution in [0.3, 0.4) is 0 Å². The average Bonchev–Trinajstić information content (AvgIpc) is 2.18. The van der Waals surface area contributed by atoms with Gasteiger partial charge in [0.05, 0.1) is 18.8 Å². The molecule has 1 aliphatic carbocycles. The first-order chi connectivity index (χ1) is 7.09. The molecule has 1 rings (SSSR count). The third kappa shape index (κ3) is 4.13. The van der Waals surface area contributed by atoms with Crippen LogP contribution in [0, 0.1) is 5.92 Å². The van der Waals surface area contributed by atoms with E-state index < -0.39 is 5.97 Å². The van der Waals surface area contributed by atoms with E-state index in [4.69, 9.17) is 9.84 Å². The van der Waals surface area contributed by atoms with Crippen LogP contribution in [0.2, 0.25) is 0 Å². The molecule has 0 radical (unpaired) electrons. The summed E-state index contributed by atoms with van der Waals surface area (Å²) in [6, 6.07) is 0. The summed E-state index contributed by atoms with van der Waals surface area (Å²) in [6.07, 6.45) is 5.99. The molecule has 3 heteroatoms. The van der Waals surface area contributed by atoms with E-state index in [1.807, 2.05) is 13.0 Å². The van der Waals surface area contributed by atoms with Crippen molar-refractivity contribution in [3.8, 4) is 0 Å². The Labute approximate surface area is 89.7 Å². The van der Waals surface area contributed by atoms with E-state index >= 15 is 0 Å². The maximum Gasteiger partial charge on any atom is 0.335 e. The van der Waals surface area contributed by atoms with E-state index in [2.05, 4.69) is 6.58 Å². The van der Waals surface area contributed by atoms with Gasteiger partial charge < -0.3 is 9.84 Å². The summed E-state index contributed by atoms with van der Waals surface area (Å²) in [5.41, 5.74) is 1.36. The average molecular weight is 208 g/mol. The van der Waals surface area contributed by atoms with Gasteiger partial charge in [0.2, 0.25) is 0 Å². The molecule has 1 N–H and O–H groups in total. The quantitative estimate of drug-likeness (QED) is 0.704. The lowest BCUT2D eigenvalue weighted by Crippen LogP contribution is -2.11. The first-order valence-corrected chi connectivity index (χ1v) is 4.93.